The Hall–Kier alpha value is -2.80. The highest BCUT2D eigenvalue weighted by atomic mass is 16.3. The van der Waals surface area contributed by atoms with Gasteiger partial charge in [0.2, 0.25) is 0 Å². The summed E-state index contributed by atoms with van der Waals surface area (Å²) in [4.78, 5) is 20.1. The third-order valence-electron chi connectivity index (χ3n) is 5.87. The summed E-state index contributed by atoms with van der Waals surface area (Å²) in [6.07, 6.45) is 5.10. The van der Waals surface area contributed by atoms with Crippen LogP contribution in [-0.4, -0.2) is 38.0 Å². The number of para-hydroxylation sites is 1. The number of aryl methyl sites for hydroxylation is 2. The van der Waals surface area contributed by atoms with Crippen molar-refractivity contribution in [3.05, 3.63) is 57.8 Å². The van der Waals surface area contributed by atoms with Gasteiger partial charge in [-0.2, -0.15) is 5.10 Å². The van der Waals surface area contributed by atoms with Crippen LogP contribution in [0.3, 0.4) is 0 Å². The number of hydrogen-bond acceptors (Lipinski definition) is 6. The lowest BCUT2D eigenvalue weighted by Crippen LogP contribution is -2.33. The van der Waals surface area contributed by atoms with Crippen LogP contribution in [0.4, 0.5) is 5.82 Å². The molecule has 0 amide bonds. The van der Waals surface area contributed by atoms with E-state index in [0.29, 0.717) is 16.7 Å². The van der Waals surface area contributed by atoms with Crippen molar-refractivity contribution in [2.24, 2.45) is 0 Å². The summed E-state index contributed by atoms with van der Waals surface area (Å²) in [5, 5.41) is 19.1. The predicted molar refractivity (Wildman–Crippen MR) is 106 cm³/mol. The van der Waals surface area contributed by atoms with E-state index < -0.39 is 0 Å². The molecule has 1 atom stereocenters. The molecule has 5 rings (SSSR count). The molecule has 7 heteroatoms. The van der Waals surface area contributed by atoms with Gasteiger partial charge in [0, 0.05) is 6.54 Å². The molecule has 0 spiro atoms. The summed E-state index contributed by atoms with van der Waals surface area (Å²) in [5.41, 5.74) is 3.00. The minimum absolute atomic E-state index is 0.0439. The maximum atomic E-state index is 13.1. The fourth-order valence-electron chi connectivity index (χ4n) is 4.52. The monoisotopic (exact) mass is 377 g/mol. The summed E-state index contributed by atoms with van der Waals surface area (Å²) in [6.45, 7) is 1.00. The lowest BCUT2D eigenvalue weighted by molar-refractivity contribution is 0.270. The maximum Gasteiger partial charge on any atom is 0.261 e. The molecular formula is C21H23N5O2. The highest BCUT2D eigenvalue weighted by Crippen LogP contribution is 2.35. The van der Waals surface area contributed by atoms with Crippen LogP contribution in [0.2, 0.25) is 0 Å². The lowest BCUT2D eigenvalue weighted by Gasteiger charge is -2.27. The number of aliphatic hydroxyl groups is 1. The van der Waals surface area contributed by atoms with Gasteiger partial charge in [-0.15, -0.1) is 5.10 Å². The Bertz CT molecular complexity index is 1090. The summed E-state index contributed by atoms with van der Waals surface area (Å²) < 4.78 is 1.63. The molecular weight excluding hydrogens is 354 g/mol. The molecule has 0 saturated carbocycles. The van der Waals surface area contributed by atoms with Gasteiger partial charge in [0.15, 0.2) is 5.82 Å². The molecule has 1 aromatic carbocycles. The average Bonchev–Trinajstić information content (AvgIpc) is 3.38. The number of hydrogen-bond donors (Lipinski definition) is 1. The number of benzene rings is 1. The minimum Gasteiger partial charge on any atom is -0.395 e. The van der Waals surface area contributed by atoms with Gasteiger partial charge in [-0.1, -0.05) is 12.1 Å². The minimum atomic E-state index is -0.0989. The number of rotatable bonds is 4. The van der Waals surface area contributed by atoms with Crippen molar-refractivity contribution in [2.75, 3.05) is 18.1 Å². The Balaban J connectivity index is 1.62. The van der Waals surface area contributed by atoms with Crippen LogP contribution in [0.5, 0.6) is 0 Å². The predicted octanol–water partition coefficient (Wildman–Crippen LogP) is 2.01. The first-order valence-corrected chi connectivity index (χ1v) is 9.98. The molecule has 1 fully saturated rings. The molecule has 1 aliphatic heterocycles. The van der Waals surface area contributed by atoms with Gasteiger partial charge in [0.05, 0.1) is 35.8 Å². The topological polar surface area (TPSA) is 84.1 Å². The third-order valence-corrected chi connectivity index (χ3v) is 5.87. The molecule has 144 valence electrons. The molecule has 1 aliphatic carbocycles. The molecule has 1 N–H and O–H groups in total. The fourth-order valence-corrected chi connectivity index (χ4v) is 4.52. The standard InChI is InChI=1S/C21H23N5O2/c27-12-11-26-20(22-17-7-2-1-6-15(17)21(26)28)18-9-4-10-25(18)19-13-14-5-3-8-16(14)23-24-19/h1-2,6-7,13,18,27H,3-5,8-12H2. The van der Waals surface area contributed by atoms with Gasteiger partial charge in [-0.25, -0.2) is 4.98 Å². The number of aromatic nitrogens is 4. The van der Waals surface area contributed by atoms with Gasteiger partial charge < -0.3 is 10.0 Å². The highest BCUT2D eigenvalue weighted by molar-refractivity contribution is 5.77. The maximum absolute atomic E-state index is 13.1. The highest BCUT2D eigenvalue weighted by Gasteiger charge is 2.32. The van der Waals surface area contributed by atoms with Crippen molar-refractivity contribution < 1.29 is 5.11 Å². The molecule has 3 aromatic rings. The number of nitrogens with zero attached hydrogens (tertiary/aromatic N) is 5. The van der Waals surface area contributed by atoms with Crippen molar-refractivity contribution in [2.45, 2.75) is 44.7 Å². The van der Waals surface area contributed by atoms with Crippen LogP contribution in [0.25, 0.3) is 10.9 Å². The van der Waals surface area contributed by atoms with E-state index >= 15 is 0 Å². The van der Waals surface area contributed by atoms with Crippen molar-refractivity contribution in [3.63, 3.8) is 0 Å². The zero-order chi connectivity index (χ0) is 19.1. The molecule has 7 nitrogen and oxygen atoms in total. The Morgan fingerprint density at radius 3 is 2.93 bits per heavy atom. The second-order valence-electron chi connectivity index (χ2n) is 7.55. The molecule has 0 bridgehead atoms. The van der Waals surface area contributed by atoms with Crippen LogP contribution >= 0.6 is 0 Å². The first-order chi connectivity index (χ1) is 13.8. The van der Waals surface area contributed by atoms with Crippen LogP contribution in [0, 0.1) is 0 Å². The Labute approximate surface area is 162 Å². The summed E-state index contributed by atoms with van der Waals surface area (Å²) in [6, 6.07) is 9.52. The summed E-state index contributed by atoms with van der Waals surface area (Å²) in [5.74, 6) is 1.57. The van der Waals surface area contributed by atoms with Gasteiger partial charge in [-0.3, -0.25) is 9.36 Å². The van der Waals surface area contributed by atoms with Gasteiger partial charge in [0.1, 0.15) is 5.82 Å². The SMILES string of the molecule is O=c1c2ccccc2nc(C2CCCN2c2cc3c(nn2)CCC3)n1CCO. The van der Waals surface area contributed by atoms with Crippen LogP contribution < -0.4 is 10.5 Å². The zero-order valence-corrected chi connectivity index (χ0v) is 15.7. The lowest BCUT2D eigenvalue weighted by atomic mass is 10.1. The number of aliphatic hydroxyl groups excluding tert-OH is 1. The summed E-state index contributed by atoms with van der Waals surface area (Å²) in [7, 11) is 0. The molecule has 3 heterocycles. The van der Waals surface area contributed by atoms with Crippen LogP contribution in [0.1, 0.15) is 42.4 Å². The molecule has 1 saturated heterocycles. The van der Waals surface area contributed by atoms with E-state index in [0.717, 1.165) is 50.2 Å². The van der Waals surface area contributed by atoms with E-state index in [2.05, 4.69) is 21.2 Å². The van der Waals surface area contributed by atoms with Crippen LogP contribution in [-0.2, 0) is 19.4 Å². The average molecular weight is 377 g/mol. The largest absolute Gasteiger partial charge is 0.395 e. The van der Waals surface area contributed by atoms with Crippen molar-refractivity contribution >= 4 is 16.7 Å². The van der Waals surface area contributed by atoms with Crippen molar-refractivity contribution in [3.8, 4) is 0 Å². The van der Waals surface area contributed by atoms with Crippen molar-refractivity contribution in [1.29, 1.82) is 0 Å². The summed E-state index contributed by atoms with van der Waals surface area (Å²) >= 11 is 0. The van der Waals surface area contributed by atoms with E-state index in [1.165, 1.54) is 5.56 Å². The Morgan fingerprint density at radius 1 is 1.14 bits per heavy atom. The van der Waals surface area contributed by atoms with Crippen LogP contribution in [0.15, 0.2) is 35.1 Å². The third kappa shape index (κ3) is 2.77. The first-order valence-electron chi connectivity index (χ1n) is 9.98. The normalized spacial score (nSPS) is 18.8. The van der Waals surface area contributed by atoms with E-state index in [9.17, 15) is 9.90 Å². The van der Waals surface area contributed by atoms with Crippen molar-refractivity contribution in [1.82, 2.24) is 19.7 Å². The Morgan fingerprint density at radius 2 is 2.04 bits per heavy atom. The second kappa shape index (κ2) is 6.98. The molecule has 0 radical (unpaired) electrons. The van der Waals surface area contributed by atoms with Gasteiger partial charge in [-0.05, 0) is 55.9 Å². The first kappa shape index (κ1) is 17.3. The van der Waals surface area contributed by atoms with E-state index in [1.54, 1.807) is 10.6 Å². The second-order valence-corrected chi connectivity index (χ2v) is 7.55. The smallest absolute Gasteiger partial charge is 0.261 e. The molecule has 2 aromatic heterocycles. The van der Waals surface area contributed by atoms with E-state index in [4.69, 9.17) is 4.98 Å². The van der Waals surface area contributed by atoms with Gasteiger partial charge in [0.25, 0.3) is 5.56 Å². The molecule has 2 aliphatic rings. The van der Waals surface area contributed by atoms with E-state index in [1.807, 2.05) is 18.2 Å². The number of anilines is 1. The Kier molecular flexibility index (Phi) is 4.31. The number of fused-ring (bicyclic) bond motifs is 2. The fraction of sp³-hybridized carbons (Fsp3) is 0.429. The van der Waals surface area contributed by atoms with E-state index in [-0.39, 0.29) is 24.8 Å². The quantitative estimate of drug-likeness (QED) is 0.749. The molecule has 1 unspecified atom stereocenters. The zero-order valence-electron chi connectivity index (χ0n) is 15.7. The van der Waals surface area contributed by atoms with Gasteiger partial charge >= 0.3 is 0 Å². The molecule has 28 heavy (non-hydrogen) atoms.